The maximum atomic E-state index is 12.5. The molecule has 2 amide bonds. The minimum Gasteiger partial charge on any atom is -0.453 e. The van der Waals surface area contributed by atoms with E-state index in [1.165, 1.54) is 7.11 Å². The van der Waals surface area contributed by atoms with Crippen molar-refractivity contribution in [1.82, 2.24) is 20.4 Å². The average molecular weight is 358 g/mol. The van der Waals surface area contributed by atoms with Crippen molar-refractivity contribution in [2.45, 2.75) is 37.5 Å². The van der Waals surface area contributed by atoms with Crippen LogP contribution in [0.2, 0.25) is 0 Å². The van der Waals surface area contributed by atoms with Crippen LogP contribution in [0.4, 0.5) is 4.79 Å². The third-order valence-corrected chi connectivity index (χ3v) is 5.20. The molecular formula is C18H22N4O4. The van der Waals surface area contributed by atoms with Gasteiger partial charge >= 0.3 is 6.09 Å². The van der Waals surface area contributed by atoms with Crippen LogP contribution in [-0.2, 0) is 4.74 Å². The van der Waals surface area contributed by atoms with Crippen LogP contribution in [-0.4, -0.2) is 54.3 Å². The summed E-state index contributed by atoms with van der Waals surface area (Å²) in [6.07, 6.45) is 3.54. The molecule has 8 nitrogen and oxygen atoms in total. The summed E-state index contributed by atoms with van der Waals surface area (Å²) in [5.41, 5.74) is 2.53. The molecule has 1 saturated carbocycles. The number of methoxy groups -OCH3 is 1. The molecule has 2 fully saturated rings. The van der Waals surface area contributed by atoms with Crippen LogP contribution in [0.25, 0.3) is 11.1 Å². The van der Waals surface area contributed by atoms with E-state index < -0.39 is 0 Å². The molecule has 1 aliphatic carbocycles. The van der Waals surface area contributed by atoms with E-state index in [1.54, 1.807) is 11.9 Å². The quantitative estimate of drug-likeness (QED) is 0.905. The Labute approximate surface area is 150 Å². The van der Waals surface area contributed by atoms with Gasteiger partial charge in [-0.3, -0.25) is 4.79 Å². The van der Waals surface area contributed by atoms with Gasteiger partial charge in [0.1, 0.15) is 0 Å². The van der Waals surface area contributed by atoms with E-state index in [4.69, 9.17) is 9.26 Å². The Hall–Kier alpha value is -2.64. The molecular weight excluding hydrogens is 336 g/mol. The van der Waals surface area contributed by atoms with E-state index >= 15 is 0 Å². The number of ether oxygens (including phenoxy) is 1. The molecule has 2 aromatic heterocycles. The van der Waals surface area contributed by atoms with Crippen molar-refractivity contribution >= 4 is 23.1 Å². The monoisotopic (exact) mass is 358 g/mol. The van der Waals surface area contributed by atoms with Gasteiger partial charge in [-0.15, -0.1) is 0 Å². The summed E-state index contributed by atoms with van der Waals surface area (Å²) in [5, 5.41) is 7.59. The number of fused-ring (bicyclic) bond motifs is 1. The van der Waals surface area contributed by atoms with Gasteiger partial charge in [0.05, 0.1) is 23.8 Å². The van der Waals surface area contributed by atoms with Crippen LogP contribution in [0.1, 0.15) is 59.3 Å². The number of nitrogens with one attached hydrogen (secondary N) is 1. The lowest BCUT2D eigenvalue weighted by Gasteiger charge is -2.30. The van der Waals surface area contributed by atoms with Gasteiger partial charge in [0, 0.05) is 37.7 Å². The molecule has 26 heavy (non-hydrogen) atoms. The third kappa shape index (κ3) is 2.89. The molecule has 1 aliphatic heterocycles. The number of hydrogen-bond acceptors (Lipinski definition) is 6. The van der Waals surface area contributed by atoms with Crippen LogP contribution in [0.15, 0.2) is 10.6 Å². The van der Waals surface area contributed by atoms with Crippen molar-refractivity contribution in [1.29, 1.82) is 0 Å². The topological polar surface area (TPSA) is 97.6 Å². The second-order valence-electron chi connectivity index (χ2n) is 6.95. The zero-order valence-corrected chi connectivity index (χ0v) is 14.9. The molecule has 1 N–H and O–H groups in total. The molecule has 1 atom stereocenters. The summed E-state index contributed by atoms with van der Waals surface area (Å²) in [7, 11) is 2.99. The molecule has 0 radical (unpaired) electrons. The van der Waals surface area contributed by atoms with Gasteiger partial charge in [0.2, 0.25) is 0 Å². The van der Waals surface area contributed by atoms with Crippen molar-refractivity contribution < 1.29 is 18.8 Å². The van der Waals surface area contributed by atoms with Crippen LogP contribution >= 0.6 is 0 Å². The van der Waals surface area contributed by atoms with Crippen molar-refractivity contribution in [3.63, 3.8) is 0 Å². The highest BCUT2D eigenvalue weighted by Crippen LogP contribution is 2.41. The summed E-state index contributed by atoms with van der Waals surface area (Å²) in [4.78, 5) is 30.6. The van der Waals surface area contributed by atoms with Crippen molar-refractivity contribution in [3.8, 4) is 0 Å². The summed E-state index contributed by atoms with van der Waals surface area (Å²) in [5.74, 6) is 0.214. The minimum absolute atomic E-state index is 0.0129. The van der Waals surface area contributed by atoms with Crippen molar-refractivity contribution in [2.75, 3.05) is 27.2 Å². The number of nitrogens with zero attached hydrogens (tertiary/aromatic N) is 3. The largest absolute Gasteiger partial charge is 0.453 e. The highest BCUT2D eigenvalue weighted by Gasteiger charge is 2.33. The zero-order valence-electron chi connectivity index (χ0n) is 14.9. The molecule has 3 heterocycles. The van der Waals surface area contributed by atoms with E-state index in [2.05, 4.69) is 15.5 Å². The van der Waals surface area contributed by atoms with Crippen molar-refractivity contribution in [2.24, 2.45) is 0 Å². The Morgan fingerprint density at radius 3 is 2.81 bits per heavy atom. The molecule has 4 rings (SSSR count). The lowest BCUT2D eigenvalue weighted by molar-refractivity contribution is 0.0963. The fourth-order valence-electron chi connectivity index (χ4n) is 3.67. The molecule has 2 aromatic rings. The maximum absolute atomic E-state index is 12.5. The fourth-order valence-corrected chi connectivity index (χ4v) is 3.67. The van der Waals surface area contributed by atoms with Gasteiger partial charge < -0.3 is 19.5 Å². The van der Waals surface area contributed by atoms with Crippen LogP contribution in [0.5, 0.6) is 0 Å². The first-order valence-electron chi connectivity index (χ1n) is 8.97. The first kappa shape index (κ1) is 16.8. The zero-order chi connectivity index (χ0) is 18.3. The van der Waals surface area contributed by atoms with E-state index in [9.17, 15) is 9.59 Å². The van der Waals surface area contributed by atoms with Crippen LogP contribution in [0.3, 0.4) is 0 Å². The van der Waals surface area contributed by atoms with E-state index in [0.29, 0.717) is 41.4 Å². The number of amides is 2. The second-order valence-corrected chi connectivity index (χ2v) is 6.95. The maximum Gasteiger partial charge on any atom is 0.409 e. The molecule has 1 saturated heterocycles. The summed E-state index contributed by atoms with van der Waals surface area (Å²) >= 11 is 0. The van der Waals surface area contributed by atoms with Gasteiger partial charge in [0.15, 0.2) is 0 Å². The molecule has 1 unspecified atom stereocenters. The lowest BCUT2D eigenvalue weighted by atomic mass is 9.92. The minimum atomic E-state index is -0.344. The standard InChI is InChI=1S/C18H22N4O4/c1-19-16(23)12-8-13(10-5-6-10)20-17-14(12)15(21-26-17)11-4-3-7-22(9-11)18(24)25-2/h8,10-11H,3-7,9H2,1-2H3,(H,19,23). The molecule has 2 aliphatic rings. The Bertz CT molecular complexity index is 858. The normalized spacial score (nSPS) is 20.2. The Kier molecular flexibility index (Phi) is 4.26. The number of aromatic nitrogens is 2. The molecule has 138 valence electrons. The Balaban J connectivity index is 1.75. The van der Waals surface area contributed by atoms with Gasteiger partial charge in [-0.05, 0) is 31.7 Å². The molecule has 0 bridgehead atoms. The number of pyridine rings is 1. The SMILES string of the molecule is CNC(=O)c1cc(C2CC2)nc2onc(C3CCCN(C(=O)OC)C3)c12. The predicted octanol–water partition coefficient (Wildman–Crippen LogP) is 2.41. The van der Waals surface area contributed by atoms with E-state index in [1.807, 2.05) is 6.07 Å². The van der Waals surface area contributed by atoms with Gasteiger partial charge in [0.25, 0.3) is 11.6 Å². The number of carbonyl (C=O) groups excluding carboxylic acids is 2. The Morgan fingerprint density at radius 2 is 2.12 bits per heavy atom. The van der Waals surface area contributed by atoms with Gasteiger partial charge in [-0.2, -0.15) is 0 Å². The fraction of sp³-hybridized carbons (Fsp3) is 0.556. The number of likely N-dealkylation sites (tertiary alicyclic amines) is 1. The number of piperidine rings is 1. The van der Waals surface area contributed by atoms with E-state index in [-0.39, 0.29) is 17.9 Å². The lowest BCUT2D eigenvalue weighted by Crippen LogP contribution is -2.39. The first-order chi connectivity index (χ1) is 12.6. The third-order valence-electron chi connectivity index (χ3n) is 5.20. The van der Waals surface area contributed by atoms with Gasteiger partial charge in [-0.25, -0.2) is 9.78 Å². The number of hydrogen-bond donors (Lipinski definition) is 1. The Morgan fingerprint density at radius 1 is 1.31 bits per heavy atom. The van der Waals surface area contributed by atoms with Crippen LogP contribution in [0, 0.1) is 0 Å². The predicted molar refractivity (Wildman–Crippen MR) is 93.1 cm³/mol. The summed E-state index contributed by atoms with van der Waals surface area (Å²) < 4.78 is 10.3. The van der Waals surface area contributed by atoms with E-state index in [0.717, 1.165) is 31.4 Å². The second kappa shape index (κ2) is 6.59. The molecule has 0 spiro atoms. The molecule has 0 aromatic carbocycles. The number of rotatable bonds is 3. The number of carbonyl (C=O) groups is 2. The highest BCUT2D eigenvalue weighted by molar-refractivity contribution is 6.06. The van der Waals surface area contributed by atoms with Gasteiger partial charge in [-0.1, -0.05) is 5.16 Å². The highest BCUT2D eigenvalue weighted by atomic mass is 16.5. The first-order valence-corrected chi connectivity index (χ1v) is 8.97. The summed E-state index contributed by atoms with van der Waals surface area (Å²) in [6.45, 7) is 1.15. The van der Waals surface area contributed by atoms with Crippen LogP contribution < -0.4 is 5.32 Å². The summed E-state index contributed by atoms with van der Waals surface area (Å²) in [6, 6.07) is 1.86. The molecule has 8 heteroatoms. The average Bonchev–Trinajstić information content (AvgIpc) is 3.45. The smallest absolute Gasteiger partial charge is 0.409 e. The van der Waals surface area contributed by atoms with Crippen molar-refractivity contribution in [3.05, 3.63) is 23.0 Å².